The van der Waals surface area contributed by atoms with Crippen molar-refractivity contribution < 1.29 is 19.8 Å². The van der Waals surface area contributed by atoms with Crippen molar-refractivity contribution in [2.75, 3.05) is 13.2 Å². The Hall–Kier alpha value is -1.53. The second-order valence-corrected chi connectivity index (χ2v) is 1.27. The first-order valence-electron chi connectivity index (χ1n) is 2.35. The highest BCUT2D eigenvalue weighted by Gasteiger charge is 1.91. The van der Waals surface area contributed by atoms with E-state index in [2.05, 4.69) is 4.84 Å². The first-order chi connectivity index (χ1) is 4.63. The molecule has 0 saturated carbocycles. The second-order valence-electron chi connectivity index (χ2n) is 1.27. The summed E-state index contributed by atoms with van der Waals surface area (Å²) in [4.78, 5) is 22.8. The van der Waals surface area contributed by atoms with Crippen molar-refractivity contribution in [3.63, 3.8) is 0 Å². The van der Waals surface area contributed by atoms with Crippen molar-refractivity contribution in [2.24, 2.45) is 0 Å². The Morgan fingerprint density at radius 2 is 2.30 bits per heavy atom. The van der Waals surface area contributed by atoms with Gasteiger partial charge in [0.1, 0.15) is 12.7 Å². The predicted molar refractivity (Wildman–Crippen MR) is 26.3 cm³/mol. The molecule has 58 valence electrons. The van der Waals surface area contributed by atoms with Gasteiger partial charge in [0.15, 0.2) is 0 Å². The minimum absolute atomic E-state index is 0.149. The maximum atomic E-state index is 9.60. The van der Waals surface area contributed by atoms with Crippen LogP contribution >= 0.6 is 0 Å². The second kappa shape index (κ2) is 4.36. The molecule has 1 amide bonds. The van der Waals surface area contributed by atoms with Crippen LogP contribution in [0.2, 0.25) is 0 Å². The molecule has 0 radical (unpaired) electrons. The summed E-state index contributed by atoms with van der Waals surface area (Å²) in [7, 11) is 0. The van der Waals surface area contributed by atoms with Crippen molar-refractivity contribution in [3.05, 3.63) is 10.1 Å². The van der Waals surface area contributed by atoms with E-state index in [1.807, 2.05) is 0 Å². The first-order valence-corrected chi connectivity index (χ1v) is 2.35. The van der Waals surface area contributed by atoms with Crippen LogP contribution in [-0.4, -0.2) is 24.3 Å². The van der Waals surface area contributed by atoms with E-state index in [0.717, 1.165) is 0 Å². The van der Waals surface area contributed by atoms with Crippen molar-refractivity contribution in [3.8, 4) is 0 Å². The third-order valence-corrected chi connectivity index (χ3v) is 0.568. The van der Waals surface area contributed by atoms with Crippen LogP contribution in [0.25, 0.3) is 0 Å². The summed E-state index contributed by atoms with van der Waals surface area (Å²) in [6.45, 7) is -0.454. The molecule has 0 saturated heterocycles. The van der Waals surface area contributed by atoms with E-state index in [9.17, 15) is 20.0 Å². The third-order valence-electron chi connectivity index (χ3n) is 0.568. The van der Waals surface area contributed by atoms with E-state index in [1.165, 1.54) is 0 Å². The topological polar surface area (TPSA) is 105 Å². The van der Waals surface area contributed by atoms with Crippen LogP contribution in [0.4, 0.5) is 4.79 Å². The molecule has 0 rings (SSSR count). The number of rotatable bonds is 4. The fourth-order valence-electron chi connectivity index (χ4n) is 0.273. The Morgan fingerprint density at radius 1 is 1.70 bits per heavy atom. The molecule has 0 atom stereocenters. The molecular weight excluding hydrogens is 144 g/mol. The molecular formula is C3H5N2O5-. The van der Waals surface area contributed by atoms with E-state index >= 15 is 0 Å². The molecule has 0 aromatic rings. The standard InChI is InChI=1S/C3H6N2O5/c6-3(7)4-1-2-10-5(8)9/h4H,1-2H2,(H,6,7)/p-1. The number of hydrogen-bond donors (Lipinski definition) is 1. The lowest BCUT2D eigenvalue weighted by atomic mass is 10.7. The van der Waals surface area contributed by atoms with Gasteiger partial charge in [-0.3, -0.25) is 0 Å². The van der Waals surface area contributed by atoms with E-state index in [4.69, 9.17) is 0 Å². The fourth-order valence-corrected chi connectivity index (χ4v) is 0.273. The van der Waals surface area contributed by atoms with Crippen molar-refractivity contribution in [1.29, 1.82) is 0 Å². The molecule has 10 heavy (non-hydrogen) atoms. The Labute approximate surface area is 55.7 Å². The van der Waals surface area contributed by atoms with Gasteiger partial charge < -0.3 is 20.1 Å². The van der Waals surface area contributed by atoms with E-state index in [0.29, 0.717) is 0 Å². The van der Waals surface area contributed by atoms with Gasteiger partial charge in [0.2, 0.25) is 0 Å². The van der Waals surface area contributed by atoms with E-state index < -0.39 is 11.2 Å². The normalized spacial score (nSPS) is 8.40. The summed E-state index contributed by atoms with van der Waals surface area (Å²) in [6, 6.07) is 0. The Kier molecular flexibility index (Phi) is 3.69. The largest absolute Gasteiger partial charge is 0.530 e. The summed E-state index contributed by atoms with van der Waals surface area (Å²) >= 11 is 0. The van der Waals surface area contributed by atoms with Crippen LogP contribution < -0.4 is 10.4 Å². The Morgan fingerprint density at radius 3 is 2.70 bits per heavy atom. The number of carbonyl (C=O) groups is 1. The molecule has 7 nitrogen and oxygen atoms in total. The zero-order valence-electron chi connectivity index (χ0n) is 4.90. The van der Waals surface area contributed by atoms with E-state index in [-0.39, 0.29) is 13.2 Å². The van der Waals surface area contributed by atoms with Crippen molar-refractivity contribution >= 4 is 6.09 Å². The van der Waals surface area contributed by atoms with Gasteiger partial charge in [0, 0.05) is 6.54 Å². The molecule has 0 fully saturated rings. The number of carbonyl (C=O) groups excluding carboxylic acids is 1. The number of nitrogens with zero attached hydrogens (tertiary/aromatic N) is 1. The van der Waals surface area contributed by atoms with Gasteiger partial charge >= 0.3 is 0 Å². The van der Waals surface area contributed by atoms with Crippen molar-refractivity contribution in [1.82, 2.24) is 5.32 Å². The molecule has 0 aliphatic heterocycles. The molecule has 0 unspecified atom stereocenters. The SMILES string of the molecule is O=C([O-])NCCO[N+](=O)[O-]. The summed E-state index contributed by atoms with van der Waals surface area (Å²) in [5, 5.41) is 19.8. The minimum Gasteiger partial charge on any atom is -0.530 e. The molecule has 0 bridgehead atoms. The van der Waals surface area contributed by atoms with Gasteiger partial charge in [-0.05, 0) is 0 Å². The lowest BCUT2D eigenvalue weighted by Gasteiger charge is -2.03. The van der Waals surface area contributed by atoms with Crippen LogP contribution in [0.15, 0.2) is 0 Å². The molecule has 7 heteroatoms. The molecule has 0 aromatic carbocycles. The van der Waals surface area contributed by atoms with Crippen LogP contribution in [0.1, 0.15) is 0 Å². The van der Waals surface area contributed by atoms with Crippen LogP contribution in [0, 0.1) is 10.1 Å². The molecule has 0 spiro atoms. The molecule has 0 aliphatic carbocycles. The highest BCUT2D eigenvalue weighted by Crippen LogP contribution is 1.71. The van der Waals surface area contributed by atoms with Crippen LogP contribution in [-0.2, 0) is 4.84 Å². The first kappa shape index (κ1) is 8.47. The maximum absolute atomic E-state index is 9.60. The van der Waals surface area contributed by atoms with Gasteiger partial charge in [0.25, 0.3) is 5.09 Å². The average Bonchev–Trinajstić information content (AvgIpc) is 1.79. The molecule has 1 N–H and O–H groups in total. The number of amides is 1. The Bertz CT molecular complexity index is 119. The highest BCUT2D eigenvalue weighted by atomic mass is 16.9. The number of carboxylic acid groups (broad SMARTS) is 1. The smallest absolute Gasteiger partial charge is 0.294 e. The average molecular weight is 149 g/mol. The summed E-state index contributed by atoms with van der Waals surface area (Å²) in [5.41, 5.74) is 0. The zero-order valence-corrected chi connectivity index (χ0v) is 4.90. The maximum Gasteiger partial charge on any atom is 0.294 e. The molecule has 0 aliphatic rings. The molecule has 0 aromatic heterocycles. The highest BCUT2D eigenvalue weighted by molar-refractivity contribution is 5.61. The van der Waals surface area contributed by atoms with Gasteiger partial charge in [-0.25, -0.2) is 0 Å². The van der Waals surface area contributed by atoms with Gasteiger partial charge in [-0.15, -0.1) is 10.1 Å². The van der Waals surface area contributed by atoms with Crippen molar-refractivity contribution in [2.45, 2.75) is 0 Å². The minimum atomic E-state index is -1.48. The fraction of sp³-hybridized carbons (Fsp3) is 0.667. The number of nitrogens with one attached hydrogen (secondary N) is 1. The monoisotopic (exact) mass is 149 g/mol. The summed E-state index contributed by atoms with van der Waals surface area (Å²) < 4.78 is 0. The van der Waals surface area contributed by atoms with Crippen LogP contribution in [0.5, 0.6) is 0 Å². The summed E-state index contributed by atoms with van der Waals surface area (Å²) in [5.74, 6) is 0. The van der Waals surface area contributed by atoms with Gasteiger partial charge in [-0.1, -0.05) is 0 Å². The predicted octanol–water partition coefficient (Wildman–Crippen LogP) is -1.87. The Balaban J connectivity index is 3.06. The number of hydrogen-bond acceptors (Lipinski definition) is 5. The van der Waals surface area contributed by atoms with E-state index in [1.54, 1.807) is 5.32 Å². The quantitative estimate of drug-likeness (QED) is 0.286. The third kappa shape index (κ3) is 6.47. The zero-order chi connectivity index (χ0) is 7.98. The van der Waals surface area contributed by atoms with Crippen LogP contribution in [0.3, 0.4) is 0 Å². The molecule has 0 heterocycles. The lowest BCUT2D eigenvalue weighted by Crippen LogP contribution is -2.38. The van der Waals surface area contributed by atoms with Gasteiger partial charge in [0.05, 0.1) is 0 Å². The van der Waals surface area contributed by atoms with Gasteiger partial charge in [-0.2, -0.15) is 0 Å². The summed E-state index contributed by atoms with van der Waals surface area (Å²) in [6.07, 6.45) is -1.48. The lowest BCUT2D eigenvalue weighted by molar-refractivity contribution is -0.757.